The highest BCUT2D eigenvalue weighted by Gasteiger charge is 2.31. The monoisotopic (exact) mass is 196 g/mol. The number of hydrogen-bond donors (Lipinski definition) is 1. The lowest BCUT2D eigenvalue weighted by Gasteiger charge is -2.31. The molecule has 0 aromatic carbocycles. The molecule has 0 unspecified atom stereocenters. The van der Waals surface area contributed by atoms with Crippen LogP contribution in [0.15, 0.2) is 11.0 Å². The van der Waals surface area contributed by atoms with Crippen molar-refractivity contribution in [3.63, 3.8) is 0 Å². The van der Waals surface area contributed by atoms with E-state index in [4.69, 9.17) is 4.74 Å². The van der Waals surface area contributed by atoms with Crippen LogP contribution in [0.4, 0.5) is 0 Å². The van der Waals surface area contributed by atoms with E-state index in [1.807, 2.05) is 13.8 Å². The highest BCUT2D eigenvalue weighted by Crippen LogP contribution is 2.25. The molecule has 0 atom stereocenters. The van der Waals surface area contributed by atoms with Crippen molar-refractivity contribution in [2.45, 2.75) is 26.0 Å². The van der Waals surface area contributed by atoms with Crippen LogP contribution in [0.1, 0.15) is 19.7 Å². The van der Waals surface area contributed by atoms with Gasteiger partial charge in [-0.25, -0.2) is 4.98 Å². The van der Waals surface area contributed by atoms with E-state index >= 15 is 0 Å². The largest absolute Gasteiger partial charge is 0.502 e. The number of hydrogen-bond acceptors (Lipinski definition) is 4. The Hall–Kier alpha value is -1.36. The Balaban J connectivity index is 2.69. The molecule has 1 aliphatic rings. The average Bonchev–Trinajstić information content (AvgIpc) is 2.11. The maximum atomic E-state index is 11.5. The maximum absolute atomic E-state index is 11.5. The Labute approximate surface area is 81.0 Å². The zero-order valence-electron chi connectivity index (χ0n) is 8.15. The standard InChI is InChI=1S/C9H12N2O3/c1-9(2)8-10-5-6(12)7(13)11(8)3-4-14-9/h5,12H,3-4H2,1-2H3. The second-order valence-electron chi connectivity index (χ2n) is 3.78. The Morgan fingerprint density at radius 1 is 1.64 bits per heavy atom. The molecule has 1 N–H and O–H groups in total. The minimum absolute atomic E-state index is 0.313. The second kappa shape index (κ2) is 2.81. The van der Waals surface area contributed by atoms with Gasteiger partial charge in [0.25, 0.3) is 5.56 Å². The van der Waals surface area contributed by atoms with Gasteiger partial charge in [0.05, 0.1) is 19.3 Å². The van der Waals surface area contributed by atoms with Gasteiger partial charge in [-0.1, -0.05) is 0 Å². The van der Waals surface area contributed by atoms with Crippen molar-refractivity contribution in [2.75, 3.05) is 6.61 Å². The summed E-state index contributed by atoms with van der Waals surface area (Å²) in [5.74, 6) is 0.248. The summed E-state index contributed by atoms with van der Waals surface area (Å²) in [4.78, 5) is 15.5. The molecule has 0 bridgehead atoms. The fourth-order valence-electron chi connectivity index (χ4n) is 1.63. The van der Waals surface area contributed by atoms with Crippen LogP contribution in [0.3, 0.4) is 0 Å². The van der Waals surface area contributed by atoms with Gasteiger partial charge in [-0.3, -0.25) is 9.36 Å². The minimum Gasteiger partial charge on any atom is -0.502 e. The maximum Gasteiger partial charge on any atom is 0.295 e. The Bertz CT molecular complexity index is 423. The molecule has 5 heteroatoms. The molecule has 0 saturated heterocycles. The molecular formula is C9H12N2O3. The van der Waals surface area contributed by atoms with Gasteiger partial charge in [-0.2, -0.15) is 0 Å². The van der Waals surface area contributed by atoms with Crippen molar-refractivity contribution < 1.29 is 9.84 Å². The first kappa shape index (κ1) is 9.21. The third-order valence-corrected chi connectivity index (χ3v) is 2.35. The van der Waals surface area contributed by atoms with Gasteiger partial charge < -0.3 is 9.84 Å². The van der Waals surface area contributed by atoms with E-state index in [-0.39, 0.29) is 5.75 Å². The molecule has 0 amide bonds. The lowest BCUT2D eigenvalue weighted by molar-refractivity contribution is -0.0565. The third-order valence-electron chi connectivity index (χ3n) is 2.35. The summed E-state index contributed by atoms with van der Waals surface area (Å²) < 4.78 is 6.94. The molecule has 0 spiro atoms. The van der Waals surface area contributed by atoms with E-state index in [1.165, 1.54) is 10.8 Å². The highest BCUT2D eigenvalue weighted by atomic mass is 16.5. The number of aromatic hydroxyl groups is 1. The predicted octanol–water partition coefficient (Wildman–Crippen LogP) is 0.214. The van der Waals surface area contributed by atoms with Crippen molar-refractivity contribution in [1.29, 1.82) is 0 Å². The Kier molecular flexibility index (Phi) is 1.85. The summed E-state index contributed by atoms with van der Waals surface area (Å²) in [6.45, 7) is 4.60. The van der Waals surface area contributed by atoms with Gasteiger partial charge in [-0.05, 0) is 13.8 Å². The summed E-state index contributed by atoms with van der Waals surface area (Å²) in [7, 11) is 0. The summed E-state index contributed by atoms with van der Waals surface area (Å²) >= 11 is 0. The molecule has 0 aliphatic carbocycles. The topological polar surface area (TPSA) is 64.3 Å². The summed E-state index contributed by atoms with van der Waals surface area (Å²) in [5, 5.41) is 9.21. The number of rotatable bonds is 0. The van der Waals surface area contributed by atoms with Gasteiger partial charge in [-0.15, -0.1) is 0 Å². The van der Waals surface area contributed by atoms with Crippen LogP contribution in [0.2, 0.25) is 0 Å². The quantitative estimate of drug-likeness (QED) is 0.644. The smallest absolute Gasteiger partial charge is 0.295 e. The first-order valence-corrected chi connectivity index (χ1v) is 4.45. The normalized spacial score (nSPS) is 19.0. The predicted molar refractivity (Wildman–Crippen MR) is 49.1 cm³/mol. The van der Waals surface area contributed by atoms with E-state index in [2.05, 4.69) is 4.98 Å². The van der Waals surface area contributed by atoms with Gasteiger partial charge in [0, 0.05) is 0 Å². The Morgan fingerprint density at radius 2 is 2.36 bits per heavy atom. The number of nitrogens with zero attached hydrogens (tertiary/aromatic N) is 2. The molecule has 5 nitrogen and oxygen atoms in total. The molecular weight excluding hydrogens is 184 g/mol. The van der Waals surface area contributed by atoms with E-state index in [0.717, 1.165) is 0 Å². The van der Waals surface area contributed by atoms with Crippen LogP contribution >= 0.6 is 0 Å². The molecule has 1 aromatic rings. The SMILES string of the molecule is CC1(C)OCCn2c1ncc(O)c2=O. The molecule has 2 rings (SSSR count). The fourth-order valence-corrected chi connectivity index (χ4v) is 1.63. The zero-order valence-corrected chi connectivity index (χ0v) is 8.15. The van der Waals surface area contributed by atoms with E-state index in [0.29, 0.717) is 19.0 Å². The lowest BCUT2D eigenvalue weighted by Crippen LogP contribution is -2.40. The highest BCUT2D eigenvalue weighted by molar-refractivity contribution is 5.15. The molecule has 0 saturated carbocycles. The first-order valence-electron chi connectivity index (χ1n) is 4.45. The number of ether oxygens (including phenoxy) is 1. The minimum atomic E-state index is -0.564. The van der Waals surface area contributed by atoms with Gasteiger partial charge in [0.1, 0.15) is 11.4 Å². The fraction of sp³-hybridized carbons (Fsp3) is 0.556. The van der Waals surface area contributed by atoms with Crippen LogP contribution in [-0.2, 0) is 16.9 Å². The third kappa shape index (κ3) is 1.21. The number of aromatic nitrogens is 2. The van der Waals surface area contributed by atoms with Crippen molar-refractivity contribution in [1.82, 2.24) is 9.55 Å². The van der Waals surface area contributed by atoms with Crippen LogP contribution in [-0.4, -0.2) is 21.3 Å². The zero-order chi connectivity index (χ0) is 10.3. The Morgan fingerprint density at radius 3 is 3.07 bits per heavy atom. The van der Waals surface area contributed by atoms with Crippen molar-refractivity contribution in [3.8, 4) is 5.75 Å². The summed E-state index contributed by atoms with van der Waals surface area (Å²) in [6.07, 6.45) is 1.17. The van der Waals surface area contributed by atoms with Crippen molar-refractivity contribution in [3.05, 3.63) is 22.4 Å². The van der Waals surface area contributed by atoms with E-state index in [1.54, 1.807) is 0 Å². The van der Waals surface area contributed by atoms with Crippen molar-refractivity contribution in [2.24, 2.45) is 0 Å². The van der Waals surface area contributed by atoms with E-state index in [9.17, 15) is 9.90 Å². The summed E-state index contributed by atoms with van der Waals surface area (Å²) in [5.41, 5.74) is -0.961. The molecule has 1 aromatic heterocycles. The van der Waals surface area contributed by atoms with E-state index < -0.39 is 11.2 Å². The molecule has 76 valence electrons. The van der Waals surface area contributed by atoms with Crippen molar-refractivity contribution >= 4 is 0 Å². The first-order chi connectivity index (χ1) is 6.52. The van der Waals surface area contributed by atoms with Crippen LogP contribution in [0.5, 0.6) is 5.75 Å². The van der Waals surface area contributed by atoms with Crippen LogP contribution < -0.4 is 5.56 Å². The van der Waals surface area contributed by atoms with Crippen LogP contribution in [0, 0.1) is 0 Å². The molecule has 2 heterocycles. The van der Waals surface area contributed by atoms with Gasteiger partial charge in [0.15, 0.2) is 5.75 Å². The van der Waals surface area contributed by atoms with Gasteiger partial charge >= 0.3 is 0 Å². The molecule has 1 aliphatic heterocycles. The summed E-state index contributed by atoms with van der Waals surface area (Å²) in [6, 6.07) is 0. The average molecular weight is 196 g/mol. The van der Waals surface area contributed by atoms with Crippen LogP contribution in [0.25, 0.3) is 0 Å². The molecule has 0 fully saturated rings. The lowest BCUT2D eigenvalue weighted by atomic mass is 10.1. The second-order valence-corrected chi connectivity index (χ2v) is 3.78. The molecule has 14 heavy (non-hydrogen) atoms. The van der Waals surface area contributed by atoms with Gasteiger partial charge in [0.2, 0.25) is 0 Å². The number of fused-ring (bicyclic) bond motifs is 1. The molecule has 0 radical (unpaired) electrons.